The first-order valence-electron chi connectivity index (χ1n) is 3.94. The zero-order valence-electron chi connectivity index (χ0n) is 8.33. The summed E-state index contributed by atoms with van der Waals surface area (Å²) in [6.45, 7) is 6.28. The summed E-state index contributed by atoms with van der Waals surface area (Å²) in [7, 11) is -0.928. The molecule has 0 aliphatic heterocycles. The van der Waals surface area contributed by atoms with Crippen LogP contribution < -0.4 is 0 Å². The van der Waals surface area contributed by atoms with Crippen molar-refractivity contribution in [3.05, 3.63) is 0 Å². The van der Waals surface area contributed by atoms with Crippen molar-refractivity contribution in [2.24, 2.45) is 10.9 Å². The largest absolute Gasteiger partial charge is 0.266 e. The molecule has 2 unspecified atom stereocenters. The molecule has 2 atom stereocenters. The van der Waals surface area contributed by atoms with E-state index in [4.69, 9.17) is 0 Å². The van der Waals surface area contributed by atoms with Crippen LogP contribution in [-0.4, -0.2) is 27.1 Å². The number of nitrogens with zero attached hydrogens (tertiary/aromatic N) is 1. The van der Waals surface area contributed by atoms with Crippen molar-refractivity contribution < 1.29 is 4.21 Å². The molecule has 0 saturated heterocycles. The van der Waals surface area contributed by atoms with Crippen LogP contribution in [0.25, 0.3) is 0 Å². The highest BCUT2D eigenvalue weighted by atomic mass is 32.2. The number of hydrogen-bond acceptors (Lipinski definition) is 3. The molecular weight excluding hydrogens is 190 g/mol. The van der Waals surface area contributed by atoms with Crippen LogP contribution in [0, 0.1) is 5.92 Å². The Morgan fingerprint density at radius 1 is 1.42 bits per heavy atom. The lowest BCUT2D eigenvalue weighted by Gasteiger charge is -2.11. The van der Waals surface area contributed by atoms with Crippen LogP contribution in [0.3, 0.4) is 0 Å². The van der Waals surface area contributed by atoms with Crippen LogP contribution >= 0.6 is 11.8 Å². The summed E-state index contributed by atoms with van der Waals surface area (Å²) in [5.41, 5.74) is 0. The average Bonchev–Trinajstić information content (AvgIpc) is 1.98. The summed E-state index contributed by atoms with van der Waals surface area (Å²) in [4.78, 5) is 4.37. The minimum absolute atomic E-state index is 0.261. The second-order valence-electron chi connectivity index (χ2n) is 3.04. The van der Waals surface area contributed by atoms with Gasteiger partial charge >= 0.3 is 0 Å². The van der Waals surface area contributed by atoms with Gasteiger partial charge in [0, 0.05) is 6.26 Å². The zero-order chi connectivity index (χ0) is 9.72. The van der Waals surface area contributed by atoms with Crippen molar-refractivity contribution in [1.29, 1.82) is 0 Å². The van der Waals surface area contributed by atoms with Gasteiger partial charge in [0.2, 0.25) is 0 Å². The molecule has 0 bridgehead atoms. The molecule has 0 aromatic carbocycles. The van der Waals surface area contributed by atoms with Crippen molar-refractivity contribution in [3.8, 4) is 0 Å². The van der Waals surface area contributed by atoms with Crippen LogP contribution in [0.1, 0.15) is 20.8 Å². The smallest absolute Gasteiger partial charge is 0.155 e. The van der Waals surface area contributed by atoms with Crippen LogP contribution in [0.15, 0.2) is 4.99 Å². The first-order valence-corrected chi connectivity index (χ1v) is 6.72. The molecule has 0 heterocycles. The molecule has 0 aromatic heterocycles. The highest BCUT2D eigenvalue weighted by Gasteiger charge is 2.08. The molecular formula is C8H17NOS2. The second-order valence-corrected chi connectivity index (χ2v) is 5.39. The standard InChI is InChI=1S/C8H17NOS2/c1-6(2)7(3)9-8(11-4)12(5)10/h6-7H,1-5H3. The van der Waals surface area contributed by atoms with Gasteiger partial charge in [-0.1, -0.05) is 13.8 Å². The molecule has 0 saturated carbocycles. The maximum absolute atomic E-state index is 11.1. The van der Waals surface area contributed by atoms with E-state index in [9.17, 15) is 4.21 Å². The van der Waals surface area contributed by atoms with E-state index in [0.29, 0.717) is 5.92 Å². The lowest BCUT2D eigenvalue weighted by atomic mass is 10.1. The van der Waals surface area contributed by atoms with Gasteiger partial charge in [-0.3, -0.25) is 9.20 Å². The number of hydrogen-bond donors (Lipinski definition) is 0. The Morgan fingerprint density at radius 2 is 1.92 bits per heavy atom. The van der Waals surface area contributed by atoms with Gasteiger partial charge in [0.25, 0.3) is 0 Å². The molecule has 0 aliphatic rings. The topological polar surface area (TPSA) is 29.4 Å². The van der Waals surface area contributed by atoms with Gasteiger partial charge in [0.05, 0.1) is 16.8 Å². The molecule has 4 heteroatoms. The second kappa shape index (κ2) is 5.75. The first-order chi connectivity index (χ1) is 5.49. The van der Waals surface area contributed by atoms with E-state index in [-0.39, 0.29) is 6.04 Å². The number of rotatable bonds is 2. The third-order valence-corrected chi connectivity index (χ3v) is 3.95. The maximum atomic E-state index is 11.1. The third kappa shape index (κ3) is 4.26. The molecule has 0 fully saturated rings. The summed E-state index contributed by atoms with van der Waals surface area (Å²) >= 11 is 1.47. The van der Waals surface area contributed by atoms with Gasteiger partial charge in [-0.25, -0.2) is 0 Å². The molecule has 0 rings (SSSR count). The monoisotopic (exact) mass is 207 g/mol. The zero-order valence-corrected chi connectivity index (χ0v) is 9.96. The van der Waals surface area contributed by atoms with E-state index < -0.39 is 10.8 Å². The third-order valence-electron chi connectivity index (χ3n) is 1.69. The fourth-order valence-electron chi connectivity index (χ4n) is 0.560. The summed E-state index contributed by atoms with van der Waals surface area (Å²) in [6, 6.07) is 0.261. The minimum Gasteiger partial charge on any atom is -0.266 e. The molecule has 2 nitrogen and oxygen atoms in total. The van der Waals surface area contributed by atoms with E-state index in [2.05, 4.69) is 18.8 Å². The Bertz CT molecular complexity index is 189. The van der Waals surface area contributed by atoms with Crippen molar-refractivity contribution in [2.45, 2.75) is 26.8 Å². The molecule has 0 aromatic rings. The Morgan fingerprint density at radius 3 is 2.17 bits per heavy atom. The van der Waals surface area contributed by atoms with E-state index in [1.807, 2.05) is 13.2 Å². The first kappa shape index (κ1) is 12.2. The highest BCUT2D eigenvalue weighted by molar-refractivity contribution is 8.32. The van der Waals surface area contributed by atoms with Crippen LogP contribution in [0.4, 0.5) is 0 Å². The number of aliphatic imine (C=N–C) groups is 1. The van der Waals surface area contributed by atoms with E-state index >= 15 is 0 Å². The summed E-state index contributed by atoms with van der Waals surface area (Å²) in [5.74, 6) is 0.510. The van der Waals surface area contributed by atoms with E-state index in [1.165, 1.54) is 11.8 Å². The van der Waals surface area contributed by atoms with Crippen LogP contribution in [-0.2, 0) is 10.8 Å². The van der Waals surface area contributed by atoms with Gasteiger partial charge in [0.15, 0.2) is 4.38 Å². The minimum atomic E-state index is -0.928. The molecule has 0 aliphatic carbocycles. The molecule has 0 spiro atoms. The van der Waals surface area contributed by atoms with Gasteiger partial charge in [-0.05, 0) is 19.1 Å². The predicted octanol–water partition coefficient (Wildman–Crippen LogP) is 2.13. The molecule has 0 N–H and O–H groups in total. The fourth-order valence-corrected chi connectivity index (χ4v) is 2.08. The maximum Gasteiger partial charge on any atom is 0.155 e. The van der Waals surface area contributed by atoms with Crippen LogP contribution in [0.2, 0.25) is 0 Å². The van der Waals surface area contributed by atoms with Crippen molar-refractivity contribution in [1.82, 2.24) is 0 Å². The van der Waals surface area contributed by atoms with Crippen molar-refractivity contribution >= 4 is 26.9 Å². The van der Waals surface area contributed by atoms with Gasteiger partial charge in [-0.15, -0.1) is 11.8 Å². The van der Waals surface area contributed by atoms with E-state index in [1.54, 1.807) is 6.26 Å². The van der Waals surface area contributed by atoms with E-state index in [0.717, 1.165) is 4.38 Å². The van der Waals surface area contributed by atoms with Gasteiger partial charge in [0.1, 0.15) is 0 Å². The normalized spacial score (nSPS) is 18.0. The Balaban J connectivity index is 4.38. The lowest BCUT2D eigenvalue weighted by molar-refractivity contribution is 0.533. The average molecular weight is 207 g/mol. The quantitative estimate of drug-likeness (QED) is 0.513. The summed E-state index contributed by atoms with van der Waals surface area (Å²) in [5, 5.41) is 0. The fraction of sp³-hybridized carbons (Fsp3) is 0.875. The Hall–Kier alpha value is 0.170. The highest BCUT2D eigenvalue weighted by Crippen LogP contribution is 2.10. The molecule has 0 radical (unpaired) electrons. The van der Waals surface area contributed by atoms with Crippen molar-refractivity contribution in [3.63, 3.8) is 0 Å². The Labute approximate surface area is 81.7 Å². The summed E-state index contributed by atoms with van der Waals surface area (Å²) < 4.78 is 11.8. The van der Waals surface area contributed by atoms with Crippen LogP contribution in [0.5, 0.6) is 0 Å². The predicted molar refractivity (Wildman–Crippen MR) is 59.3 cm³/mol. The van der Waals surface area contributed by atoms with Gasteiger partial charge < -0.3 is 0 Å². The molecule has 12 heavy (non-hydrogen) atoms. The lowest BCUT2D eigenvalue weighted by Crippen LogP contribution is -2.12. The molecule has 72 valence electrons. The van der Waals surface area contributed by atoms with Crippen molar-refractivity contribution in [2.75, 3.05) is 12.5 Å². The summed E-state index contributed by atoms with van der Waals surface area (Å²) in [6.07, 6.45) is 3.58. The Kier molecular flexibility index (Phi) is 5.84. The SMILES string of the molecule is CSC(=NC(C)C(C)C)S(C)=O. The molecule has 0 amide bonds. The van der Waals surface area contributed by atoms with Gasteiger partial charge in [-0.2, -0.15) is 0 Å². The number of thioether (sulfide) groups is 1.